The highest BCUT2D eigenvalue weighted by molar-refractivity contribution is 5.62. The van der Waals surface area contributed by atoms with Gasteiger partial charge in [-0.15, -0.1) is 0 Å². The van der Waals surface area contributed by atoms with E-state index in [1.807, 2.05) is 24.7 Å². The van der Waals surface area contributed by atoms with Gasteiger partial charge < -0.3 is 4.98 Å². The van der Waals surface area contributed by atoms with Crippen molar-refractivity contribution in [3.63, 3.8) is 0 Å². The van der Waals surface area contributed by atoms with Crippen molar-refractivity contribution in [2.45, 2.75) is 12.8 Å². The minimum Gasteiger partial charge on any atom is -0.367 e. The van der Waals surface area contributed by atoms with Crippen LogP contribution in [0, 0.1) is 11.8 Å². The number of nitrogens with zero attached hydrogens (tertiary/aromatic N) is 1. The van der Waals surface area contributed by atoms with E-state index in [2.05, 4.69) is 27.9 Å². The molecule has 0 atom stereocenters. The van der Waals surface area contributed by atoms with Gasteiger partial charge in [-0.3, -0.25) is 4.99 Å². The highest BCUT2D eigenvalue weighted by Crippen LogP contribution is 2.05. The van der Waals surface area contributed by atoms with E-state index in [9.17, 15) is 0 Å². The first kappa shape index (κ1) is 7.88. The zero-order chi connectivity index (χ0) is 8.93. The Morgan fingerprint density at radius 1 is 1.31 bits per heavy atom. The summed E-state index contributed by atoms with van der Waals surface area (Å²) in [5, 5.41) is 0. The Balaban J connectivity index is 2.12. The lowest BCUT2D eigenvalue weighted by molar-refractivity contribution is 1.07. The van der Waals surface area contributed by atoms with E-state index in [1.54, 1.807) is 0 Å². The average Bonchev–Trinajstić information content (AvgIpc) is 2.69. The van der Waals surface area contributed by atoms with E-state index >= 15 is 0 Å². The van der Waals surface area contributed by atoms with E-state index in [0.29, 0.717) is 0 Å². The van der Waals surface area contributed by atoms with Crippen molar-refractivity contribution < 1.29 is 0 Å². The molecule has 0 radical (unpaired) electrons. The van der Waals surface area contributed by atoms with Crippen molar-refractivity contribution in [1.29, 1.82) is 0 Å². The van der Waals surface area contributed by atoms with E-state index in [1.165, 1.54) is 0 Å². The summed E-state index contributed by atoms with van der Waals surface area (Å²) in [4.78, 5) is 7.14. The van der Waals surface area contributed by atoms with Crippen molar-refractivity contribution in [3.05, 3.63) is 35.8 Å². The molecule has 1 N–H and O–H groups in total. The van der Waals surface area contributed by atoms with Crippen LogP contribution in [0.1, 0.15) is 18.4 Å². The summed E-state index contributed by atoms with van der Waals surface area (Å²) in [7, 11) is 0. The topological polar surface area (TPSA) is 28.1 Å². The lowest BCUT2D eigenvalue weighted by Crippen LogP contribution is -1.85. The Kier molecular flexibility index (Phi) is 2.28. The van der Waals surface area contributed by atoms with Gasteiger partial charge in [0.15, 0.2) is 0 Å². The normalized spacial score (nSPS) is 14.6. The summed E-state index contributed by atoms with van der Waals surface area (Å²) in [6.07, 6.45) is 9.82. The predicted molar refractivity (Wildman–Crippen MR) is 53.5 cm³/mol. The molecular weight excluding hydrogens is 160 g/mol. The van der Waals surface area contributed by atoms with Gasteiger partial charge in [0, 0.05) is 24.2 Å². The maximum atomic E-state index is 4.18. The molecule has 2 heterocycles. The standard InChI is InChI=1S/C11H10N2/c1-2-7-13-11(3-1)5-4-10-6-8-12-9-10/h3,6-9,12H,1-2H2. The maximum Gasteiger partial charge on any atom is 0.109 e. The minimum atomic E-state index is 0.882. The first-order valence-corrected chi connectivity index (χ1v) is 4.33. The smallest absolute Gasteiger partial charge is 0.109 e. The molecule has 64 valence electrons. The molecule has 0 fully saturated rings. The number of hydrogen-bond donors (Lipinski definition) is 1. The number of aromatic nitrogens is 1. The van der Waals surface area contributed by atoms with Gasteiger partial charge in [-0.1, -0.05) is 5.92 Å². The number of aliphatic imine (C=N–C) groups is 1. The molecule has 0 amide bonds. The fourth-order valence-corrected chi connectivity index (χ4v) is 1.13. The van der Waals surface area contributed by atoms with Crippen molar-refractivity contribution in [1.82, 2.24) is 4.98 Å². The van der Waals surface area contributed by atoms with Gasteiger partial charge in [-0.2, -0.15) is 0 Å². The highest BCUT2D eigenvalue weighted by Gasteiger charge is 1.92. The van der Waals surface area contributed by atoms with E-state index in [4.69, 9.17) is 0 Å². The number of H-pyrrole nitrogens is 1. The van der Waals surface area contributed by atoms with Crippen LogP contribution in [0.25, 0.3) is 0 Å². The Morgan fingerprint density at radius 2 is 2.31 bits per heavy atom. The lowest BCUT2D eigenvalue weighted by atomic mass is 10.2. The first-order valence-electron chi connectivity index (χ1n) is 4.33. The van der Waals surface area contributed by atoms with Gasteiger partial charge in [0.05, 0.1) is 0 Å². The molecule has 1 aromatic rings. The molecule has 1 aliphatic heterocycles. The Morgan fingerprint density at radius 3 is 3.00 bits per heavy atom. The number of hydrogen-bond acceptors (Lipinski definition) is 1. The van der Waals surface area contributed by atoms with Crippen molar-refractivity contribution >= 4 is 6.21 Å². The molecule has 0 aromatic carbocycles. The third-order valence-electron chi connectivity index (χ3n) is 1.80. The number of aromatic amines is 1. The third kappa shape index (κ3) is 2.09. The molecule has 0 saturated carbocycles. The molecule has 0 aliphatic carbocycles. The molecule has 2 nitrogen and oxygen atoms in total. The third-order valence-corrected chi connectivity index (χ3v) is 1.80. The monoisotopic (exact) mass is 170 g/mol. The van der Waals surface area contributed by atoms with Crippen LogP contribution >= 0.6 is 0 Å². The summed E-state index contributed by atoms with van der Waals surface area (Å²) in [5.41, 5.74) is 1.88. The van der Waals surface area contributed by atoms with Crippen LogP contribution in [0.5, 0.6) is 0 Å². The van der Waals surface area contributed by atoms with Crippen LogP contribution in [0.15, 0.2) is 35.2 Å². The largest absolute Gasteiger partial charge is 0.367 e. The van der Waals surface area contributed by atoms with Crippen LogP contribution < -0.4 is 0 Å². The molecule has 2 heteroatoms. The lowest BCUT2D eigenvalue weighted by Gasteiger charge is -1.96. The van der Waals surface area contributed by atoms with E-state index in [-0.39, 0.29) is 0 Å². The summed E-state index contributed by atoms with van der Waals surface area (Å²) in [6, 6.07) is 1.94. The molecule has 1 aliphatic rings. The van der Waals surface area contributed by atoms with Crippen LogP contribution in [0.3, 0.4) is 0 Å². The summed E-state index contributed by atoms with van der Waals surface area (Å²) in [5.74, 6) is 6.05. The fraction of sp³-hybridized carbons (Fsp3) is 0.182. The Hall–Kier alpha value is -1.75. The van der Waals surface area contributed by atoms with Gasteiger partial charge in [0.25, 0.3) is 0 Å². The molecular formula is C11H10N2. The Labute approximate surface area is 77.4 Å². The van der Waals surface area contributed by atoms with Gasteiger partial charge >= 0.3 is 0 Å². The summed E-state index contributed by atoms with van der Waals surface area (Å²) >= 11 is 0. The molecule has 0 spiro atoms. The first-order chi connectivity index (χ1) is 6.45. The SMILES string of the molecule is C(#Cc1cc[nH]c1)C1=CCCC=N1. The maximum absolute atomic E-state index is 4.18. The molecule has 0 bridgehead atoms. The zero-order valence-electron chi connectivity index (χ0n) is 7.25. The zero-order valence-corrected chi connectivity index (χ0v) is 7.25. The van der Waals surface area contributed by atoms with E-state index < -0.39 is 0 Å². The van der Waals surface area contributed by atoms with Gasteiger partial charge in [-0.25, -0.2) is 0 Å². The van der Waals surface area contributed by atoms with Crippen molar-refractivity contribution in [2.75, 3.05) is 0 Å². The van der Waals surface area contributed by atoms with E-state index in [0.717, 1.165) is 24.1 Å². The number of allylic oxidation sites excluding steroid dienone is 2. The Bertz CT molecular complexity index is 385. The molecule has 2 rings (SSSR count). The van der Waals surface area contributed by atoms with Crippen LogP contribution in [-0.4, -0.2) is 11.2 Å². The van der Waals surface area contributed by atoms with Gasteiger partial charge in [0.2, 0.25) is 0 Å². The van der Waals surface area contributed by atoms with Crippen LogP contribution in [-0.2, 0) is 0 Å². The van der Waals surface area contributed by atoms with Gasteiger partial charge in [0.1, 0.15) is 5.70 Å². The van der Waals surface area contributed by atoms with Crippen molar-refractivity contribution in [3.8, 4) is 11.8 Å². The molecule has 0 unspecified atom stereocenters. The second-order valence-corrected chi connectivity index (χ2v) is 2.83. The molecule has 1 aromatic heterocycles. The highest BCUT2D eigenvalue weighted by atomic mass is 14.7. The second-order valence-electron chi connectivity index (χ2n) is 2.83. The number of nitrogens with one attached hydrogen (secondary N) is 1. The van der Waals surface area contributed by atoms with Crippen molar-refractivity contribution in [2.24, 2.45) is 4.99 Å². The quantitative estimate of drug-likeness (QED) is 0.578. The summed E-state index contributed by atoms with van der Waals surface area (Å²) < 4.78 is 0. The van der Waals surface area contributed by atoms with Crippen LogP contribution in [0.2, 0.25) is 0 Å². The fourth-order valence-electron chi connectivity index (χ4n) is 1.13. The molecule has 0 saturated heterocycles. The average molecular weight is 170 g/mol. The minimum absolute atomic E-state index is 0.882. The molecule has 13 heavy (non-hydrogen) atoms. The number of rotatable bonds is 0. The van der Waals surface area contributed by atoms with Crippen LogP contribution in [0.4, 0.5) is 0 Å². The van der Waals surface area contributed by atoms with Gasteiger partial charge in [-0.05, 0) is 30.9 Å². The summed E-state index contributed by atoms with van der Waals surface area (Å²) in [6.45, 7) is 0. The second kappa shape index (κ2) is 3.77. The predicted octanol–water partition coefficient (Wildman–Crippen LogP) is 2.11.